The second-order valence-corrected chi connectivity index (χ2v) is 12.5. The number of hydrogen-bond acceptors (Lipinski definition) is 3. The zero-order valence-corrected chi connectivity index (χ0v) is 20.0. The van der Waals surface area contributed by atoms with E-state index in [4.69, 9.17) is 0 Å². The number of rotatable bonds is 5. The van der Waals surface area contributed by atoms with Crippen LogP contribution in [0.5, 0.6) is 0 Å². The molecule has 30 heavy (non-hydrogen) atoms. The van der Waals surface area contributed by atoms with Gasteiger partial charge in [-0.15, -0.1) is 0 Å². The molecule has 4 rings (SSSR count). The van der Waals surface area contributed by atoms with Crippen molar-refractivity contribution in [2.24, 2.45) is 52.3 Å². The molecule has 9 unspecified atom stereocenters. The fourth-order valence-corrected chi connectivity index (χ4v) is 9.00. The maximum Gasteiger partial charge on any atom is 0.137 e. The third kappa shape index (κ3) is 3.51. The van der Waals surface area contributed by atoms with Crippen LogP contribution in [0.2, 0.25) is 0 Å². The topological polar surface area (TPSA) is 54.4 Å². The van der Waals surface area contributed by atoms with Crippen LogP contribution in [-0.2, 0) is 9.59 Å². The van der Waals surface area contributed by atoms with Crippen molar-refractivity contribution in [1.29, 1.82) is 0 Å². The summed E-state index contributed by atoms with van der Waals surface area (Å²) in [4.78, 5) is 25.3. The molecule has 0 aromatic heterocycles. The third-order valence-electron chi connectivity index (χ3n) is 10.4. The predicted octanol–water partition coefficient (Wildman–Crippen LogP) is 5.83. The van der Waals surface area contributed by atoms with E-state index in [9.17, 15) is 14.7 Å². The van der Waals surface area contributed by atoms with E-state index in [-0.39, 0.29) is 34.6 Å². The first-order valence-corrected chi connectivity index (χ1v) is 12.8. The highest BCUT2D eigenvalue weighted by Crippen LogP contribution is 2.67. The zero-order chi connectivity index (χ0) is 21.8. The minimum Gasteiger partial charge on any atom is -0.393 e. The van der Waals surface area contributed by atoms with Gasteiger partial charge in [-0.2, -0.15) is 0 Å². The molecule has 0 aliphatic heterocycles. The normalized spacial score (nSPS) is 47.0. The van der Waals surface area contributed by atoms with E-state index in [0.717, 1.165) is 18.8 Å². The van der Waals surface area contributed by atoms with Gasteiger partial charge in [0.2, 0.25) is 0 Å². The molecule has 3 heteroatoms. The van der Waals surface area contributed by atoms with Gasteiger partial charge < -0.3 is 5.11 Å². The second kappa shape index (κ2) is 8.01. The van der Waals surface area contributed by atoms with Gasteiger partial charge in [-0.05, 0) is 72.0 Å². The number of carbonyl (C=O) groups excluding carboxylic acids is 2. The summed E-state index contributed by atoms with van der Waals surface area (Å²) in [5, 5.41) is 11.5. The van der Waals surface area contributed by atoms with Crippen molar-refractivity contribution in [2.45, 2.75) is 105 Å². The monoisotopic (exact) mass is 416 g/mol. The van der Waals surface area contributed by atoms with Crippen molar-refractivity contribution in [1.82, 2.24) is 0 Å². The van der Waals surface area contributed by atoms with Crippen LogP contribution in [0.3, 0.4) is 0 Å². The molecule has 0 bridgehead atoms. The molecule has 170 valence electrons. The third-order valence-corrected chi connectivity index (χ3v) is 10.4. The summed E-state index contributed by atoms with van der Waals surface area (Å²) in [5.41, 5.74) is -0.0264. The maximum absolute atomic E-state index is 13.2. The van der Waals surface area contributed by atoms with Crippen molar-refractivity contribution < 1.29 is 14.7 Å². The van der Waals surface area contributed by atoms with Gasteiger partial charge in [-0.25, -0.2) is 0 Å². The molecular weight excluding hydrogens is 372 g/mol. The number of aliphatic hydroxyl groups is 1. The number of ketones is 2. The Morgan fingerprint density at radius 1 is 1.03 bits per heavy atom. The van der Waals surface area contributed by atoms with Gasteiger partial charge in [0.25, 0.3) is 0 Å². The molecule has 0 spiro atoms. The van der Waals surface area contributed by atoms with Crippen LogP contribution in [0.4, 0.5) is 0 Å². The average molecular weight is 417 g/mol. The summed E-state index contributed by atoms with van der Waals surface area (Å²) in [6.07, 6.45) is 9.34. The van der Waals surface area contributed by atoms with E-state index in [2.05, 4.69) is 34.6 Å². The van der Waals surface area contributed by atoms with Crippen LogP contribution >= 0.6 is 0 Å². The summed E-state index contributed by atoms with van der Waals surface area (Å²) in [6, 6.07) is 0. The molecule has 0 radical (unpaired) electrons. The van der Waals surface area contributed by atoms with E-state index in [1.165, 1.54) is 32.1 Å². The lowest BCUT2D eigenvalue weighted by atomic mass is 9.43. The largest absolute Gasteiger partial charge is 0.393 e. The van der Waals surface area contributed by atoms with E-state index >= 15 is 0 Å². The lowest BCUT2D eigenvalue weighted by Gasteiger charge is -2.61. The van der Waals surface area contributed by atoms with E-state index in [1.54, 1.807) is 0 Å². The SMILES string of the molecule is CC(C)CCCC(C)C1CCC2C3CC(=O)C4CC(=O)CCC4(C)C3C(O)CC12C. The summed E-state index contributed by atoms with van der Waals surface area (Å²) in [7, 11) is 0. The molecule has 3 nitrogen and oxygen atoms in total. The minimum atomic E-state index is -0.325. The molecule has 0 heterocycles. The number of Topliss-reactive ketones (excluding diaryl/α,β-unsaturated/α-hetero) is 2. The second-order valence-electron chi connectivity index (χ2n) is 12.5. The number of fused-ring (bicyclic) bond motifs is 5. The minimum absolute atomic E-state index is 0.147. The van der Waals surface area contributed by atoms with Gasteiger partial charge in [0.1, 0.15) is 11.6 Å². The van der Waals surface area contributed by atoms with E-state index in [1.807, 2.05) is 0 Å². The molecule has 1 N–H and O–H groups in total. The van der Waals surface area contributed by atoms with Crippen LogP contribution in [0, 0.1) is 52.3 Å². The van der Waals surface area contributed by atoms with Crippen molar-refractivity contribution >= 4 is 11.6 Å². The Hall–Kier alpha value is -0.700. The number of aliphatic hydroxyl groups excluding tert-OH is 1. The number of carbonyl (C=O) groups is 2. The van der Waals surface area contributed by atoms with Gasteiger partial charge in [0.05, 0.1) is 6.10 Å². The van der Waals surface area contributed by atoms with Crippen molar-refractivity contribution in [3.8, 4) is 0 Å². The molecule has 0 saturated heterocycles. The molecule has 4 fully saturated rings. The van der Waals surface area contributed by atoms with Crippen LogP contribution < -0.4 is 0 Å². The van der Waals surface area contributed by atoms with Gasteiger partial charge in [0.15, 0.2) is 0 Å². The first-order chi connectivity index (χ1) is 14.1. The van der Waals surface area contributed by atoms with Crippen molar-refractivity contribution in [3.63, 3.8) is 0 Å². The highest BCUT2D eigenvalue weighted by molar-refractivity contribution is 5.90. The highest BCUT2D eigenvalue weighted by atomic mass is 16.3. The van der Waals surface area contributed by atoms with Gasteiger partial charge in [0, 0.05) is 25.2 Å². The lowest BCUT2D eigenvalue weighted by Crippen LogP contribution is -2.61. The van der Waals surface area contributed by atoms with Crippen LogP contribution in [0.25, 0.3) is 0 Å². The molecule has 4 aliphatic rings. The summed E-state index contributed by atoms with van der Waals surface area (Å²) < 4.78 is 0. The van der Waals surface area contributed by atoms with Crippen LogP contribution in [-0.4, -0.2) is 22.8 Å². The smallest absolute Gasteiger partial charge is 0.137 e. The summed E-state index contributed by atoms with van der Waals surface area (Å²) in [6.45, 7) is 11.7. The van der Waals surface area contributed by atoms with Crippen molar-refractivity contribution in [3.05, 3.63) is 0 Å². The summed E-state index contributed by atoms with van der Waals surface area (Å²) >= 11 is 0. The van der Waals surface area contributed by atoms with Crippen molar-refractivity contribution in [2.75, 3.05) is 0 Å². The Kier molecular flexibility index (Phi) is 6.01. The van der Waals surface area contributed by atoms with Gasteiger partial charge in [-0.3, -0.25) is 9.59 Å². The molecule has 4 aliphatic carbocycles. The van der Waals surface area contributed by atoms with Gasteiger partial charge in [-0.1, -0.05) is 53.9 Å². The Morgan fingerprint density at radius 2 is 1.77 bits per heavy atom. The Balaban J connectivity index is 1.56. The Bertz CT molecular complexity index is 684. The predicted molar refractivity (Wildman–Crippen MR) is 120 cm³/mol. The fourth-order valence-electron chi connectivity index (χ4n) is 9.00. The maximum atomic E-state index is 13.2. The fraction of sp³-hybridized carbons (Fsp3) is 0.926. The Labute approximate surface area is 183 Å². The quantitative estimate of drug-likeness (QED) is 0.614. The van der Waals surface area contributed by atoms with Crippen LogP contribution in [0.1, 0.15) is 98.8 Å². The molecule has 4 saturated carbocycles. The molecule has 9 atom stereocenters. The van der Waals surface area contributed by atoms with Crippen LogP contribution in [0.15, 0.2) is 0 Å². The van der Waals surface area contributed by atoms with Gasteiger partial charge >= 0.3 is 0 Å². The zero-order valence-electron chi connectivity index (χ0n) is 20.0. The standard InChI is InChI=1S/C27H44O3/c1-16(2)7-6-8-17(3)20-9-10-21-19-14-23(29)22-13-18(28)11-12-26(22,4)25(19)24(30)15-27(20,21)5/h16-17,19-22,24-25,30H,6-15H2,1-5H3. The lowest BCUT2D eigenvalue weighted by molar-refractivity contribution is -0.180. The van der Waals surface area contributed by atoms with E-state index in [0.29, 0.717) is 48.7 Å². The summed E-state index contributed by atoms with van der Waals surface area (Å²) in [5.74, 6) is 3.61. The van der Waals surface area contributed by atoms with E-state index < -0.39 is 0 Å². The molecule has 0 aromatic carbocycles. The first kappa shape index (κ1) is 22.5. The molecular formula is C27H44O3. The highest BCUT2D eigenvalue weighted by Gasteiger charge is 2.65. The first-order valence-electron chi connectivity index (χ1n) is 12.8. The average Bonchev–Trinajstić information content (AvgIpc) is 2.99. The number of hydrogen-bond donors (Lipinski definition) is 1. The molecule has 0 amide bonds. The molecule has 0 aromatic rings. The Morgan fingerprint density at radius 3 is 2.47 bits per heavy atom.